The Bertz CT molecular complexity index is 576. The van der Waals surface area contributed by atoms with E-state index in [2.05, 4.69) is 10.3 Å². The van der Waals surface area contributed by atoms with Crippen molar-refractivity contribution in [3.8, 4) is 5.75 Å². The van der Waals surface area contributed by atoms with Crippen LogP contribution < -0.4 is 10.1 Å². The standard InChI is InChI=1S/C15H16Cl2N2O/c1-2-20-15-4-3-13(7-12(15)8-16)19-9-11-5-6-18-10-14(11)17/h3-7,10,19H,2,8-9H2,1H3. The van der Waals surface area contributed by atoms with Gasteiger partial charge in [-0.25, -0.2) is 0 Å². The van der Waals surface area contributed by atoms with Crippen molar-refractivity contribution in [1.82, 2.24) is 4.98 Å². The maximum atomic E-state index is 6.07. The summed E-state index contributed by atoms with van der Waals surface area (Å²) in [5.74, 6) is 1.25. The van der Waals surface area contributed by atoms with Crippen molar-refractivity contribution >= 4 is 28.9 Å². The van der Waals surface area contributed by atoms with Gasteiger partial charge in [0.25, 0.3) is 0 Å². The number of nitrogens with one attached hydrogen (secondary N) is 1. The zero-order valence-corrected chi connectivity index (χ0v) is 12.7. The van der Waals surface area contributed by atoms with Crippen LogP contribution in [0.5, 0.6) is 5.75 Å². The number of halogens is 2. The van der Waals surface area contributed by atoms with Crippen molar-refractivity contribution in [1.29, 1.82) is 0 Å². The van der Waals surface area contributed by atoms with Crippen LogP contribution in [0, 0.1) is 0 Å². The second kappa shape index (κ2) is 7.36. The zero-order valence-electron chi connectivity index (χ0n) is 11.2. The highest BCUT2D eigenvalue weighted by Crippen LogP contribution is 2.25. The Kier molecular flexibility index (Phi) is 5.50. The van der Waals surface area contributed by atoms with Crippen LogP contribution in [0.1, 0.15) is 18.1 Å². The quantitative estimate of drug-likeness (QED) is 0.798. The van der Waals surface area contributed by atoms with E-state index in [1.165, 1.54) is 0 Å². The number of hydrogen-bond acceptors (Lipinski definition) is 3. The first-order chi connectivity index (χ1) is 9.74. The number of anilines is 1. The van der Waals surface area contributed by atoms with E-state index < -0.39 is 0 Å². The molecule has 1 aromatic heterocycles. The molecular weight excluding hydrogens is 295 g/mol. The zero-order chi connectivity index (χ0) is 14.4. The minimum absolute atomic E-state index is 0.418. The molecule has 0 aliphatic heterocycles. The molecule has 0 atom stereocenters. The van der Waals surface area contributed by atoms with Crippen LogP contribution in [0.15, 0.2) is 36.7 Å². The SMILES string of the molecule is CCOc1ccc(NCc2ccncc2Cl)cc1CCl. The minimum atomic E-state index is 0.418. The maximum Gasteiger partial charge on any atom is 0.123 e. The molecule has 3 nitrogen and oxygen atoms in total. The van der Waals surface area contributed by atoms with E-state index in [1.54, 1.807) is 12.4 Å². The molecule has 5 heteroatoms. The first-order valence-corrected chi connectivity index (χ1v) is 7.29. The van der Waals surface area contributed by atoms with Crippen molar-refractivity contribution in [2.75, 3.05) is 11.9 Å². The summed E-state index contributed by atoms with van der Waals surface area (Å²) in [5.41, 5.74) is 2.96. The molecule has 2 rings (SSSR count). The van der Waals surface area contributed by atoms with Gasteiger partial charge in [0.1, 0.15) is 5.75 Å². The normalized spacial score (nSPS) is 10.3. The van der Waals surface area contributed by atoms with Crippen LogP contribution in [0.25, 0.3) is 0 Å². The number of benzene rings is 1. The molecule has 0 aliphatic carbocycles. The number of pyridine rings is 1. The predicted molar refractivity (Wildman–Crippen MR) is 83.7 cm³/mol. The van der Waals surface area contributed by atoms with Gasteiger partial charge in [-0.05, 0) is 36.8 Å². The lowest BCUT2D eigenvalue weighted by Gasteiger charge is -2.12. The van der Waals surface area contributed by atoms with Gasteiger partial charge in [-0.15, -0.1) is 11.6 Å². The van der Waals surface area contributed by atoms with Crippen molar-refractivity contribution < 1.29 is 4.74 Å². The molecule has 0 fully saturated rings. The van der Waals surface area contributed by atoms with Gasteiger partial charge in [0.2, 0.25) is 0 Å². The molecule has 0 saturated carbocycles. The second-order valence-electron chi connectivity index (χ2n) is 4.21. The molecule has 0 spiro atoms. The number of ether oxygens (including phenoxy) is 1. The molecule has 0 saturated heterocycles. The topological polar surface area (TPSA) is 34.1 Å². The highest BCUT2D eigenvalue weighted by Gasteiger charge is 2.05. The lowest BCUT2D eigenvalue weighted by molar-refractivity contribution is 0.337. The van der Waals surface area contributed by atoms with Crippen LogP contribution in [-0.4, -0.2) is 11.6 Å². The van der Waals surface area contributed by atoms with Gasteiger partial charge >= 0.3 is 0 Å². The minimum Gasteiger partial charge on any atom is -0.494 e. The summed E-state index contributed by atoms with van der Waals surface area (Å²) >= 11 is 12.0. The Morgan fingerprint density at radius 3 is 2.80 bits per heavy atom. The highest BCUT2D eigenvalue weighted by atomic mass is 35.5. The van der Waals surface area contributed by atoms with E-state index in [9.17, 15) is 0 Å². The van der Waals surface area contributed by atoms with Gasteiger partial charge in [-0.2, -0.15) is 0 Å². The summed E-state index contributed by atoms with van der Waals surface area (Å²) in [7, 11) is 0. The fourth-order valence-corrected chi connectivity index (χ4v) is 2.23. The van der Waals surface area contributed by atoms with E-state index >= 15 is 0 Å². The fraction of sp³-hybridized carbons (Fsp3) is 0.267. The van der Waals surface area contributed by atoms with Gasteiger partial charge in [-0.3, -0.25) is 4.98 Å². The monoisotopic (exact) mass is 310 g/mol. The van der Waals surface area contributed by atoms with Gasteiger partial charge in [-0.1, -0.05) is 11.6 Å². The Hall–Kier alpha value is -1.45. The molecule has 1 heterocycles. The van der Waals surface area contributed by atoms with Crippen LogP contribution in [-0.2, 0) is 12.4 Å². The Morgan fingerprint density at radius 1 is 1.25 bits per heavy atom. The third-order valence-corrected chi connectivity index (χ3v) is 3.47. The fourth-order valence-electron chi connectivity index (χ4n) is 1.83. The van der Waals surface area contributed by atoms with Crippen LogP contribution in [0.2, 0.25) is 5.02 Å². The lowest BCUT2D eigenvalue weighted by Crippen LogP contribution is -2.02. The second-order valence-corrected chi connectivity index (χ2v) is 4.88. The molecular formula is C15H16Cl2N2O. The third kappa shape index (κ3) is 3.78. The smallest absolute Gasteiger partial charge is 0.123 e. The molecule has 1 N–H and O–H groups in total. The van der Waals surface area contributed by atoms with Crippen molar-refractivity contribution in [3.05, 3.63) is 52.8 Å². The Labute approximate surface area is 128 Å². The molecule has 0 amide bonds. The highest BCUT2D eigenvalue weighted by molar-refractivity contribution is 6.31. The lowest BCUT2D eigenvalue weighted by atomic mass is 10.2. The molecule has 2 aromatic rings. The van der Waals surface area contributed by atoms with E-state index in [0.717, 1.165) is 22.6 Å². The maximum absolute atomic E-state index is 6.07. The molecule has 0 radical (unpaired) electrons. The first kappa shape index (κ1) is 14.9. The summed E-state index contributed by atoms with van der Waals surface area (Å²) in [6.45, 7) is 3.22. The van der Waals surface area contributed by atoms with Crippen molar-refractivity contribution in [2.45, 2.75) is 19.3 Å². The molecule has 0 bridgehead atoms. The van der Waals surface area contributed by atoms with E-state index in [-0.39, 0.29) is 0 Å². The van der Waals surface area contributed by atoms with E-state index in [0.29, 0.717) is 24.1 Å². The molecule has 0 unspecified atom stereocenters. The van der Waals surface area contributed by atoms with E-state index in [1.807, 2.05) is 31.2 Å². The third-order valence-electron chi connectivity index (χ3n) is 2.84. The van der Waals surface area contributed by atoms with E-state index in [4.69, 9.17) is 27.9 Å². The van der Waals surface area contributed by atoms with Crippen molar-refractivity contribution in [2.24, 2.45) is 0 Å². The summed E-state index contributed by atoms with van der Waals surface area (Å²) in [4.78, 5) is 3.97. The largest absolute Gasteiger partial charge is 0.494 e. The Balaban J connectivity index is 2.08. The number of rotatable bonds is 6. The average Bonchev–Trinajstić information content (AvgIpc) is 2.48. The number of nitrogens with zero attached hydrogens (tertiary/aromatic N) is 1. The summed E-state index contributed by atoms with van der Waals surface area (Å²) < 4.78 is 5.52. The molecule has 20 heavy (non-hydrogen) atoms. The molecule has 0 aliphatic rings. The molecule has 1 aromatic carbocycles. The van der Waals surface area contributed by atoms with Gasteiger partial charge < -0.3 is 10.1 Å². The molecule has 106 valence electrons. The number of aromatic nitrogens is 1. The van der Waals surface area contributed by atoms with Crippen molar-refractivity contribution in [3.63, 3.8) is 0 Å². The van der Waals surface area contributed by atoms with Crippen LogP contribution in [0.3, 0.4) is 0 Å². The predicted octanol–water partition coefficient (Wildman–Crippen LogP) is 4.48. The first-order valence-electron chi connectivity index (χ1n) is 6.38. The van der Waals surface area contributed by atoms with Gasteiger partial charge in [0, 0.05) is 30.2 Å². The summed E-state index contributed by atoms with van der Waals surface area (Å²) in [5, 5.41) is 3.98. The van der Waals surface area contributed by atoms with Gasteiger partial charge in [0.05, 0.1) is 17.5 Å². The van der Waals surface area contributed by atoms with Crippen LogP contribution >= 0.6 is 23.2 Å². The average molecular weight is 311 g/mol. The number of alkyl halides is 1. The Morgan fingerprint density at radius 2 is 2.10 bits per heavy atom. The van der Waals surface area contributed by atoms with Crippen LogP contribution in [0.4, 0.5) is 5.69 Å². The summed E-state index contributed by atoms with van der Waals surface area (Å²) in [6, 6.07) is 7.79. The number of hydrogen-bond donors (Lipinski definition) is 1. The summed E-state index contributed by atoms with van der Waals surface area (Å²) in [6.07, 6.45) is 3.37. The van der Waals surface area contributed by atoms with Gasteiger partial charge in [0.15, 0.2) is 0 Å².